The van der Waals surface area contributed by atoms with Gasteiger partial charge in [-0.15, -0.1) is 0 Å². The van der Waals surface area contributed by atoms with E-state index >= 15 is 0 Å². The summed E-state index contributed by atoms with van der Waals surface area (Å²) in [5.74, 6) is 0.453. The van der Waals surface area contributed by atoms with Crippen LogP contribution in [0.5, 0.6) is 0 Å². The summed E-state index contributed by atoms with van der Waals surface area (Å²) in [5, 5.41) is 12.1. The number of benzene rings is 2. The maximum atomic E-state index is 13.0. The van der Waals surface area contributed by atoms with Crippen LogP contribution >= 0.6 is 0 Å². The Bertz CT molecular complexity index is 1030. The molecule has 1 fully saturated rings. The molecular formula is C24H27N3O4. The third-order valence-corrected chi connectivity index (χ3v) is 6.17. The van der Waals surface area contributed by atoms with Crippen LogP contribution in [0.25, 0.3) is 22.6 Å². The van der Waals surface area contributed by atoms with E-state index in [1.165, 1.54) is 0 Å². The van der Waals surface area contributed by atoms with Gasteiger partial charge < -0.3 is 24.5 Å². The molecular weight excluding hydrogens is 394 g/mol. The van der Waals surface area contributed by atoms with Crippen LogP contribution in [0.4, 0.5) is 0 Å². The highest BCUT2D eigenvalue weighted by Crippen LogP contribution is 2.38. The SMILES string of the molecule is CN(C(=O)c1ccc(-c2nc3ccccc3o2)cc1)C1CCC(C=O)(CNCCO)C1. The number of hydrogen-bond acceptors (Lipinski definition) is 6. The average Bonchev–Trinajstić information content (AvgIpc) is 3.43. The highest BCUT2D eigenvalue weighted by Gasteiger charge is 2.41. The van der Waals surface area contributed by atoms with Gasteiger partial charge in [-0.1, -0.05) is 12.1 Å². The van der Waals surface area contributed by atoms with Crippen molar-refractivity contribution >= 4 is 23.3 Å². The zero-order valence-corrected chi connectivity index (χ0v) is 17.6. The average molecular weight is 421 g/mol. The number of fused-ring (bicyclic) bond motifs is 1. The Labute approximate surface area is 181 Å². The van der Waals surface area contributed by atoms with E-state index in [-0.39, 0.29) is 18.6 Å². The van der Waals surface area contributed by atoms with Crippen LogP contribution in [-0.4, -0.2) is 60.0 Å². The summed E-state index contributed by atoms with van der Waals surface area (Å²) in [5.41, 5.74) is 2.44. The van der Waals surface area contributed by atoms with Crippen molar-refractivity contribution in [1.82, 2.24) is 15.2 Å². The van der Waals surface area contributed by atoms with Crippen LogP contribution in [-0.2, 0) is 4.79 Å². The summed E-state index contributed by atoms with van der Waals surface area (Å²) in [4.78, 5) is 31.0. The third kappa shape index (κ3) is 4.38. The van der Waals surface area contributed by atoms with Crippen LogP contribution in [0.3, 0.4) is 0 Å². The van der Waals surface area contributed by atoms with Gasteiger partial charge in [0.05, 0.1) is 6.61 Å². The van der Waals surface area contributed by atoms with Crippen LogP contribution < -0.4 is 5.32 Å². The number of carbonyl (C=O) groups excluding carboxylic acids is 2. The van der Waals surface area contributed by atoms with E-state index in [1.807, 2.05) is 36.4 Å². The minimum absolute atomic E-state index is 0.00495. The number of nitrogens with one attached hydrogen (secondary N) is 1. The van der Waals surface area contributed by atoms with E-state index in [0.717, 1.165) is 35.8 Å². The number of oxazole rings is 1. The molecule has 2 N–H and O–H groups in total. The number of para-hydroxylation sites is 2. The van der Waals surface area contributed by atoms with E-state index in [1.54, 1.807) is 24.1 Å². The molecule has 1 amide bonds. The second-order valence-electron chi connectivity index (χ2n) is 8.26. The largest absolute Gasteiger partial charge is 0.436 e. The summed E-state index contributed by atoms with van der Waals surface area (Å²) >= 11 is 0. The molecule has 1 aromatic heterocycles. The normalized spacial score (nSPS) is 20.8. The quantitative estimate of drug-likeness (QED) is 0.429. The number of aromatic nitrogens is 1. The molecule has 1 heterocycles. The van der Waals surface area contributed by atoms with Crippen LogP contribution in [0.15, 0.2) is 52.9 Å². The fourth-order valence-corrected chi connectivity index (χ4v) is 4.30. The number of hydrogen-bond donors (Lipinski definition) is 2. The van der Waals surface area contributed by atoms with Gasteiger partial charge in [-0.05, 0) is 55.7 Å². The molecule has 3 aromatic rings. The summed E-state index contributed by atoms with van der Waals surface area (Å²) in [6.07, 6.45) is 3.14. The molecule has 4 rings (SSSR count). The molecule has 31 heavy (non-hydrogen) atoms. The Morgan fingerprint density at radius 1 is 1.29 bits per heavy atom. The minimum atomic E-state index is -0.481. The van der Waals surface area contributed by atoms with Crippen molar-refractivity contribution < 1.29 is 19.1 Å². The summed E-state index contributed by atoms with van der Waals surface area (Å²) in [6, 6.07) is 14.8. The van der Waals surface area contributed by atoms with Gasteiger partial charge in [-0.25, -0.2) is 4.98 Å². The van der Waals surface area contributed by atoms with Gasteiger partial charge in [0, 0.05) is 42.7 Å². The van der Waals surface area contributed by atoms with Crippen LogP contribution in [0.2, 0.25) is 0 Å². The van der Waals surface area contributed by atoms with Crippen molar-refractivity contribution in [3.8, 4) is 11.5 Å². The van der Waals surface area contributed by atoms with Gasteiger partial charge in [0.1, 0.15) is 11.8 Å². The van der Waals surface area contributed by atoms with E-state index < -0.39 is 5.41 Å². The highest BCUT2D eigenvalue weighted by molar-refractivity contribution is 5.94. The van der Waals surface area contributed by atoms with Crippen LogP contribution in [0.1, 0.15) is 29.6 Å². The zero-order chi connectivity index (χ0) is 21.8. The van der Waals surface area contributed by atoms with E-state index in [0.29, 0.717) is 31.0 Å². The van der Waals surface area contributed by atoms with Crippen LogP contribution in [0, 0.1) is 5.41 Å². The van der Waals surface area contributed by atoms with Gasteiger partial charge in [0.25, 0.3) is 5.91 Å². The summed E-state index contributed by atoms with van der Waals surface area (Å²) < 4.78 is 5.80. The third-order valence-electron chi connectivity index (χ3n) is 6.17. The predicted octanol–water partition coefficient (Wildman–Crippen LogP) is 2.89. The first-order valence-corrected chi connectivity index (χ1v) is 10.6. The molecule has 0 spiro atoms. The lowest BCUT2D eigenvalue weighted by Gasteiger charge is -2.27. The molecule has 1 aliphatic rings. The predicted molar refractivity (Wildman–Crippen MR) is 118 cm³/mol. The Kier molecular flexibility index (Phi) is 6.15. The molecule has 2 unspecified atom stereocenters. The van der Waals surface area contributed by atoms with Crippen molar-refractivity contribution in [2.75, 3.05) is 26.7 Å². The Balaban J connectivity index is 1.43. The molecule has 0 aliphatic heterocycles. The van der Waals surface area contributed by atoms with Crippen molar-refractivity contribution in [2.24, 2.45) is 5.41 Å². The summed E-state index contributed by atoms with van der Waals surface area (Å²) in [7, 11) is 1.80. The standard InChI is InChI=1S/C24H27N3O4/c1-27(19-10-11-24(14-19,16-29)15-25-12-13-28)23(30)18-8-6-17(7-9-18)22-26-20-4-2-3-5-21(20)31-22/h2-9,16,19,25,28H,10-15H2,1H3. The molecule has 2 aromatic carbocycles. The number of amides is 1. The Morgan fingerprint density at radius 3 is 2.77 bits per heavy atom. The molecule has 0 radical (unpaired) electrons. The molecule has 1 saturated carbocycles. The van der Waals surface area contributed by atoms with Crippen molar-refractivity contribution in [3.63, 3.8) is 0 Å². The first-order valence-electron chi connectivity index (χ1n) is 10.6. The van der Waals surface area contributed by atoms with Gasteiger partial charge in [-0.3, -0.25) is 4.79 Å². The van der Waals surface area contributed by atoms with E-state index in [2.05, 4.69) is 10.3 Å². The lowest BCUT2D eigenvalue weighted by Crippen LogP contribution is -2.39. The minimum Gasteiger partial charge on any atom is -0.436 e. The maximum Gasteiger partial charge on any atom is 0.253 e. The summed E-state index contributed by atoms with van der Waals surface area (Å²) in [6.45, 7) is 1.02. The topological polar surface area (TPSA) is 95.7 Å². The smallest absolute Gasteiger partial charge is 0.253 e. The van der Waals surface area contributed by atoms with Gasteiger partial charge in [0.2, 0.25) is 5.89 Å². The molecule has 162 valence electrons. The lowest BCUT2D eigenvalue weighted by atomic mass is 9.87. The number of rotatable bonds is 8. The van der Waals surface area contributed by atoms with E-state index in [4.69, 9.17) is 9.52 Å². The zero-order valence-electron chi connectivity index (χ0n) is 17.6. The number of nitrogens with zero attached hydrogens (tertiary/aromatic N) is 2. The molecule has 7 heteroatoms. The fourth-order valence-electron chi connectivity index (χ4n) is 4.30. The molecule has 2 atom stereocenters. The number of carbonyl (C=O) groups is 2. The van der Waals surface area contributed by atoms with Crippen molar-refractivity contribution in [1.29, 1.82) is 0 Å². The van der Waals surface area contributed by atoms with Crippen molar-refractivity contribution in [3.05, 3.63) is 54.1 Å². The first kappa shape index (κ1) is 21.2. The van der Waals surface area contributed by atoms with Gasteiger partial charge in [-0.2, -0.15) is 0 Å². The number of aldehydes is 1. The number of aliphatic hydroxyl groups is 1. The molecule has 0 bridgehead atoms. The lowest BCUT2D eigenvalue weighted by molar-refractivity contribution is -0.116. The molecule has 0 saturated heterocycles. The fraction of sp³-hybridized carbons (Fsp3) is 0.375. The number of aliphatic hydroxyl groups excluding tert-OH is 1. The van der Waals surface area contributed by atoms with Gasteiger partial charge in [0.15, 0.2) is 5.58 Å². The Hall–Kier alpha value is -3.03. The second-order valence-corrected chi connectivity index (χ2v) is 8.26. The maximum absolute atomic E-state index is 13.0. The van der Waals surface area contributed by atoms with E-state index in [9.17, 15) is 9.59 Å². The first-order chi connectivity index (χ1) is 15.0. The van der Waals surface area contributed by atoms with Crippen molar-refractivity contribution in [2.45, 2.75) is 25.3 Å². The van der Waals surface area contributed by atoms with Gasteiger partial charge >= 0.3 is 0 Å². The monoisotopic (exact) mass is 421 g/mol. The highest BCUT2D eigenvalue weighted by atomic mass is 16.3. The Morgan fingerprint density at radius 2 is 2.06 bits per heavy atom. The molecule has 7 nitrogen and oxygen atoms in total. The second kappa shape index (κ2) is 8.99. The molecule has 1 aliphatic carbocycles.